The number of piperidine rings is 1. The number of hydrogen-bond acceptors (Lipinski definition) is 4. The zero-order valence-corrected chi connectivity index (χ0v) is 15.3. The van der Waals surface area contributed by atoms with Gasteiger partial charge in [-0.1, -0.05) is 30.3 Å². The van der Waals surface area contributed by atoms with Gasteiger partial charge in [0.05, 0.1) is 5.92 Å². The fraction of sp³-hybridized carbons (Fsp3) is 0.650. The maximum atomic E-state index is 12.5. The molecule has 1 aromatic rings. The number of amides is 1. The van der Waals surface area contributed by atoms with Crippen LogP contribution in [0.2, 0.25) is 0 Å². The van der Waals surface area contributed by atoms with Crippen LogP contribution in [0.4, 0.5) is 0 Å². The van der Waals surface area contributed by atoms with Crippen molar-refractivity contribution in [3.63, 3.8) is 0 Å². The van der Waals surface area contributed by atoms with Crippen molar-refractivity contribution in [3.8, 4) is 0 Å². The summed E-state index contributed by atoms with van der Waals surface area (Å²) in [5.41, 5.74) is 1.33. The first-order chi connectivity index (χ1) is 12.3. The van der Waals surface area contributed by atoms with Crippen LogP contribution in [0.15, 0.2) is 30.3 Å². The Labute approximate surface area is 151 Å². The summed E-state index contributed by atoms with van der Waals surface area (Å²) < 4.78 is 0. The fourth-order valence-electron chi connectivity index (χ4n) is 3.85. The second-order valence-electron chi connectivity index (χ2n) is 7.30. The molecule has 1 amide bonds. The van der Waals surface area contributed by atoms with Crippen LogP contribution < -0.4 is 10.6 Å². The molecule has 2 aliphatic rings. The van der Waals surface area contributed by atoms with Gasteiger partial charge in [0.1, 0.15) is 0 Å². The quantitative estimate of drug-likeness (QED) is 0.732. The van der Waals surface area contributed by atoms with E-state index >= 15 is 0 Å². The van der Waals surface area contributed by atoms with Gasteiger partial charge in [0.15, 0.2) is 0 Å². The summed E-state index contributed by atoms with van der Waals surface area (Å²) in [4.78, 5) is 17.4. The lowest BCUT2D eigenvalue weighted by Gasteiger charge is -2.32. The predicted molar refractivity (Wildman–Crippen MR) is 101 cm³/mol. The highest BCUT2D eigenvalue weighted by atomic mass is 16.1. The fourth-order valence-corrected chi connectivity index (χ4v) is 3.85. The van der Waals surface area contributed by atoms with E-state index in [9.17, 15) is 4.79 Å². The summed E-state index contributed by atoms with van der Waals surface area (Å²) in [6.07, 6.45) is 3.19. The van der Waals surface area contributed by atoms with E-state index in [2.05, 4.69) is 50.8 Å². The molecule has 0 radical (unpaired) electrons. The summed E-state index contributed by atoms with van der Waals surface area (Å²) in [5, 5.41) is 6.54. The largest absolute Gasteiger partial charge is 0.356 e. The monoisotopic (exact) mass is 344 g/mol. The normalized spacial score (nSPS) is 22.6. The van der Waals surface area contributed by atoms with Gasteiger partial charge in [-0.05, 0) is 37.9 Å². The molecule has 3 rings (SSSR count). The maximum absolute atomic E-state index is 12.5. The van der Waals surface area contributed by atoms with Gasteiger partial charge in [0, 0.05) is 45.8 Å². The number of nitrogens with one attached hydrogen (secondary N) is 2. The van der Waals surface area contributed by atoms with Gasteiger partial charge in [0.25, 0.3) is 0 Å². The summed E-state index contributed by atoms with van der Waals surface area (Å²) >= 11 is 0. The van der Waals surface area contributed by atoms with Crippen molar-refractivity contribution in [2.45, 2.75) is 25.8 Å². The van der Waals surface area contributed by atoms with Crippen molar-refractivity contribution in [3.05, 3.63) is 35.9 Å². The van der Waals surface area contributed by atoms with E-state index in [1.807, 2.05) is 0 Å². The SMILES string of the molecule is O=C(NCCCN1CCNCC1)C1CCCN(Cc2ccccc2)C1. The number of benzene rings is 1. The van der Waals surface area contributed by atoms with Crippen molar-refractivity contribution in [2.24, 2.45) is 5.92 Å². The number of nitrogens with zero attached hydrogens (tertiary/aromatic N) is 2. The molecule has 0 saturated carbocycles. The Morgan fingerprint density at radius 3 is 2.72 bits per heavy atom. The van der Waals surface area contributed by atoms with Crippen LogP contribution in [0.5, 0.6) is 0 Å². The predicted octanol–water partition coefficient (Wildman–Crippen LogP) is 1.31. The zero-order chi connectivity index (χ0) is 17.3. The minimum Gasteiger partial charge on any atom is -0.356 e. The molecule has 5 heteroatoms. The molecule has 2 N–H and O–H groups in total. The standard InChI is InChI=1S/C20H32N4O/c25-20(22-9-5-13-23-14-10-21-11-15-23)19-8-4-12-24(17-19)16-18-6-2-1-3-7-18/h1-3,6-7,19,21H,4-5,8-17H2,(H,22,25). The van der Waals surface area contributed by atoms with Gasteiger partial charge in [-0.2, -0.15) is 0 Å². The Balaban J connectivity index is 1.35. The summed E-state index contributed by atoms with van der Waals surface area (Å²) in [7, 11) is 0. The van der Waals surface area contributed by atoms with Crippen molar-refractivity contribution < 1.29 is 4.79 Å². The van der Waals surface area contributed by atoms with Crippen LogP contribution in [-0.2, 0) is 11.3 Å². The highest BCUT2D eigenvalue weighted by Crippen LogP contribution is 2.18. The van der Waals surface area contributed by atoms with E-state index in [1.54, 1.807) is 0 Å². The van der Waals surface area contributed by atoms with Gasteiger partial charge in [0.2, 0.25) is 5.91 Å². The van der Waals surface area contributed by atoms with E-state index in [1.165, 1.54) is 5.56 Å². The van der Waals surface area contributed by atoms with Crippen molar-refractivity contribution in [2.75, 3.05) is 52.4 Å². The molecule has 5 nitrogen and oxygen atoms in total. The molecule has 1 aromatic carbocycles. The van der Waals surface area contributed by atoms with Crippen molar-refractivity contribution >= 4 is 5.91 Å². The Hall–Kier alpha value is -1.43. The number of carbonyl (C=O) groups excluding carboxylic acids is 1. The minimum absolute atomic E-state index is 0.150. The van der Waals surface area contributed by atoms with Gasteiger partial charge in [-0.15, -0.1) is 0 Å². The number of carbonyl (C=O) groups is 1. The van der Waals surface area contributed by atoms with Crippen LogP contribution in [0, 0.1) is 5.92 Å². The molecule has 2 fully saturated rings. The van der Waals surface area contributed by atoms with Crippen LogP contribution in [0.3, 0.4) is 0 Å². The van der Waals surface area contributed by atoms with Crippen molar-refractivity contribution in [1.29, 1.82) is 0 Å². The Morgan fingerprint density at radius 2 is 1.92 bits per heavy atom. The molecule has 25 heavy (non-hydrogen) atoms. The first-order valence-corrected chi connectivity index (χ1v) is 9.78. The van der Waals surface area contributed by atoms with E-state index < -0.39 is 0 Å². The molecule has 2 heterocycles. The first-order valence-electron chi connectivity index (χ1n) is 9.78. The highest BCUT2D eigenvalue weighted by Gasteiger charge is 2.25. The third kappa shape index (κ3) is 6.10. The molecule has 0 bridgehead atoms. The molecule has 2 aliphatic heterocycles. The molecular formula is C20H32N4O. The number of hydrogen-bond donors (Lipinski definition) is 2. The molecule has 1 unspecified atom stereocenters. The van der Waals surface area contributed by atoms with Gasteiger partial charge >= 0.3 is 0 Å². The van der Waals surface area contributed by atoms with E-state index in [4.69, 9.17) is 0 Å². The Bertz CT molecular complexity index is 516. The third-order valence-corrected chi connectivity index (χ3v) is 5.29. The molecular weight excluding hydrogens is 312 g/mol. The average molecular weight is 345 g/mol. The van der Waals surface area contributed by atoms with Gasteiger partial charge in [-0.25, -0.2) is 0 Å². The van der Waals surface area contributed by atoms with Gasteiger partial charge in [-0.3, -0.25) is 9.69 Å². The average Bonchev–Trinajstić information content (AvgIpc) is 2.67. The molecule has 138 valence electrons. The van der Waals surface area contributed by atoms with Crippen LogP contribution >= 0.6 is 0 Å². The van der Waals surface area contributed by atoms with Crippen LogP contribution in [0.1, 0.15) is 24.8 Å². The summed E-state index contributed by atoms with van der Waals surface area (Å²) in [6, 6.07) is 10.6. The number of likely N-dealkylation sites (tertiary alicyclic amines) is 1. The Kier molecular flexibility index (Phi) is 7.27. The first kappa shape index (κ1) is 18.4. The topological polar surface area (TPSA) is 47.6 Å². The van der Waals surface area contributed by atoms with Crippen LogP contribution in [-0.4, -0.2) is 68.1 Å². The van der Waals surface area contributed by atoms with Crippen molar-refractivity contribution in [1.82, 2.24) is 20.4 Å². The lowest BCUT2D eigenvalue weighted by molar-refractivity contribution is -0.126. The molecule has 2 saturated heterocycles. The summed E-state index contributed by atoms with van der Waals surface area (Å²) in [5.74, 6) is 0.398. The zero-order valence-electron chi connectivity index (χ0n) is 15.3. The van der Waals surface area contributed by atoms with E-state index in [0.29, 0.717) is 0 Å². The lowest BCUT2D eigenvalue weighted by atomic mass is 9.96. The molecule has 0 aliphatic carbocycles. The van der Waals surface area contributed by atoms with Crippen LogP contribution in [0.25, 0.3) is 0 Å². The maximum Gasteiger partial charge on any atom is 0.224 e. The van der Waals surface area contributed by atoms with E-state index in [-0.39, 0.29) is 11.8 Å². The second-order valence-corrected chi connectivity index (χ2v) is 7.30. The molecule has 0 spiro atoms. The van der Waals surface area contributed by atoms with E-state index in [0.717, 1.165) is 78.2 Å². The Morgan fingerprint density at radius 1 is 1.12 bits per heavy atom. The smallest absolute Gasteiger partial charge is 0.224 e. The number of piperazine rings is 1. The second kappa shape index (κ2) is 9.90. The van der Waals surface area contributed by atoms with Gasteiger partial charge < -0.3 is 15.5 Å². The third-order valence-electron chi connectivity index (χ3n) is 5.29. The molecule has 0 aromatic heterocycles. The summed E-state index contributed by atoms with van der Waals surface area (Å²) in [6.45, 7) is 9.27. The minimum atomic E-state index is 0.150. The number of rotatable bonds is 7. The lowest BCUT2D eigenvalue weighted by Crippen LogP contribution is -2.45. The highest BCUT2D eigenvalue weighted by molar-refractivity contribution is 5.78. The molecule has 1 atom stereocenters.